The number of hydrogen-bond donors (Lipinski definition) is 0. The third-order valence-electron chi connectivity index (χ3n) is 23.7. The molecule has 0 unspecified atom stereocenters. The highest BCUT2D eigenvalue weighted by atomic mass is 15.2. The SMILES string of the molecule is Cc1ccc(N(c2ccc(C)cc2)c2ccc(N(c3ccc(N(c4ccccc4)c4ccccc4)cc3)c3cc(N(c4ccc(N(c5ccccc5)c5ccccc5)cc4)c4ccc(N(c5ccc(C)cc5)c5ccc(C)cc5)cc4)cc(N(c4ccc(N(c5ccccc5)c5ccccc5)cc4)c4ccc(N(c5ccc(C)cc5)c5ccc(C)cc5)cc4)c3)cc2)cc1. The Morgan fingerprint density at radius 1 is 0.0853 bits per heavy atom. The Labute approximate surface area is 758 Å². The first-order valence-electron chi connectivity index (χ1n) is 44.1. The van der Waals surface area contributed by atoms with E-state index < -0.39 is 0 Å². The van der Waals surface area contributed by atoms with E-state index in [4.69, 9.17) is 0 Å². The van der Waals surface area contributed by atoms with Crippen molar-refractivity contribution in [2.45, 2.75) is 41.5 Å². The molecule has 0 bridgehead atoms. The van der Waals surface area contributed by atoms with E-state index in [1.54, 1.807) is 0 Å². The van der Waals surface area contributed by atoms with Gasteiger partial charge >= 0.3 is 0 Å². The molecule has 0 amide bonds. The minimum Gasteiger partial charge on any atom is -0.311 e. The summed E-state index contributed by atoms with van der Waals surface area (Å²) in [6.07, 6.45) is 0. The van der Waals surface area contributed by atoms with Crippen molar-refractivity contribution < 1.29 is 0 Å². The van der Waals surface area contributed by atoms with E-state index in [-0.39, 0.29) is 0 Å². The second-order valence-electron chi connectivity index (χ2n) is 32.9. The molecule has 0 radical (unpaired) electrons. The summed E-state index contributed by atoms with van der Waals surface area (Å²) in [6.45, 7) is 12.9. The summed E-state index contributed by atoms with van der Waals surface area (Å²) in [7, 11) is 0. The molecule has 0 aliphatic carbocycles. The van der Waals surface area contributed by atoms with Gasteiger partial charge in [-0.25, -0.2) is 0 Å². The lowest BCUT2D eigenvalue weighted by atomic mass is 10.1. The fourth-order valence-corrected chi connectivity index (χ4v) is 17.1. The van der Waals surface area contributed by atoms with Gasteiger partial charge in [-0.15, -0.1) is 0 Å². The van der Waals surface area contributed by atoms with Gasteiger partial charge in [-0.05, 0) is 351 Å². The number of nitrogens with zero attached hydrogens (tertiary/aromatic N) is 9. The van der Waals surface area contributed by atoms with Crippen molar-refractivity contribution in [2.24, 2.45) is 0 Å². The average molecular weight is 1670 g/mol. The molecule has 0 N–H and O–H groups in total. The van der Waals surface area contributed by atoms with Crippen LogP contribution in [-0.4, -0.2) is 0 Å². The van der Waals surface area contributed by atoms with E-state index in [1.165, 1.54) is 33.4 Å². The lowest BCUT2D eigenvalue weighted by Crippen LogP contribution is -2.17. The van der Waals surface area contributed by atoms with Crippen LogP contribution >= 0.6 is 0 Å². The number of aryl methyl sites for hydroxylation is 6. The van der Waals surface area contributed by atoms with Crippen molar-refractivity contribution in [1.82, 2.24) is 0 Å². The van der Waals surface area contributed by atoms with Crippen LogP contribution in [0.25, 0.3) is 0 Å². The zero-order chi connectivity index (χ0) is 87.5. The largest absolute Gasteiger partial charge is 0.311 e. The Hall–Kier alpha value is -16.6. The number of para-hydroxylation sites is 6. The van der Waals surface area contributed by atoms with Gasteiger partial charge in [0.25, 0.3) is 0 Å². The Morgan fingerprint density at radius 3 is 0.264 bits per heavy atom. The standard InChI is InChI=1S/C120H99N9/c1-88-37-49-100(50-38-88)124(101-51-39-89(2)40-52-101)109-67-79-115(80-68-109)127(112-73-61-106(62-74-112)121(94-25-13-7-14-26-94)95-27-15-8-16-28-95)118-85-119(128(113-75-63-107(64-76-113)122(96-29-17-9-18-30-96)97-31-19-10-20-32-97)116-81-69-110(70-82-116)125(102-53-41-90(3)42-54-102)103-55-43-91(4)44-56-103)87-120(86-118)129(114-77-65-108(66-78-114)123(98-33-21-11-22-34-98)99-35-23-12-24-36-99)117-83-71-111(72-84-117)126(104-57-45-92(5)46-58-104)105-59-47-93(6)48-60-105/h7-87H,1-6H3. The summed E-state index contributed by atoms with van der Waals surface area (Å²) in [6, 6.07) is 179. The maximum absolute atomic E-state index is 2.43. The first kappa shape index (κ1) is 82.0. The maximum Gasteiger partial charge on any atom is 0.0503 e. The fraction of sp³-hybridized carbons (Fsp3) is 0.0500. The summed E-state index contributed by atoms with van der Waals surface area (Å²) >= 11 is 0. The minimum atomic E-state index is 0.893. The Kier molecular flexibility index (Phi) is 23.8. The van der Waals surface area contributed by atoms with Gasteiger partial charge in [-0.1, -0.05) is 215 Å². The first-order valence-corrected chi connectivity index (χ1v) is 44.1. The van der Waals surface area contributed by atoms with Crippen LogP contribution < -0.4 is 44.1 Å². The molecule has 19 aromatic rings. The van der Waals surface area contributed by atoms with E-state index in [0.29, 0.717) is 0 Å². The number of anilines is 27. The molecule has 0 atom stereocenters. The fourth-order valence-electron chi connectivity index (χ4n) is 17.1. The van der Waals surface area contributed by atoms with Crippen molar-refractivity contribution in [3.8, 4) is 0 Å². The molecule has 9 heteroatoms. The molecule has 624 valence electrons. The molecule has 0 saturated heterocycles. The van der Waals surface area contributed by atoms with Gasteiger partial charge in [0.2, 0.25) is 0 Å². The van der Waals surface area contributed by atoms with Crippen LogP contribution in [0.4, 0.5) is 154 Å². The number of benzene rings is 19. The van der Waals surface area contributed by atoms with Crippen LogP contribution in [0.15, 0.2) is 491 Å². The second kappa shape index (κ2) is 37.4. The van der Waals surface area contributed by atoms with Crippen molar-refractivity contribution in [3.63, 3.8) is 0 Å². The van der Waals surface area contributed by atoms with E-state index in [1.807, 2.05) is 0 Å². The van der Waals surface area contributed by atoms with Crippen LogP contribution in [0.1, 0.15) is 33.4 Å². The predicted molar refractivity (Wildman–Crippen MR) is 547 cm³/mol. The van der Waals surface area contributed by atoms with Crippen LogP contribution in [-0.2, 0) is 0 Å². The lowest BCUT2D eigenvalue weighted by molar-refractivity contribution is 1.21. The average Bonchev–Trinajstić information content (AvgIpc) is 0.747. The van der Waals surface area contributed by atoms with Gasteiger partial charge in [0, 0.05) is 136 Å². The molecule has 0 saturated carbocycles. The molecule has 0 heterocycles. The van der Waals surface area contributed by atoms with Crippen molar-refractivity contribution >= 4 is 154 Å². The van der Waals surface area contributed by atoms with Gasteiger partial charge in [0.1, 0.15) is 0 Å². The molecular weight excluding hydrogens is 1570 g/mol. The molecule has 129 heavy (non-hydrogen) atoms. The molecule has 19 rings (SSSR count). The maximum atomic E-state index is 2.43. The highest BCUT2D eigenvalue weighted by Crippen LogP contribution is 2.51. The molecule has 0 aliphatic heterocycles. The molecular formula is C120H99N9. The predicted octanol–water partition coefficient (Wildman–Crippen LogP) is 34.8. The molecule has 19 aromatic carbocycles. The number of hydrogen-bond acceptors (Lipinski definition) is 9. The number of rotatable bonds is 27. The third-order valence-corrected chi connectivity index (χ3v) is 23.7. The van der Waals surface area contributed by atoms with Gasteiger partial charge < -0.3 is 44.1 Å². The third kappa shape index (κ3) is 18.1. The van der Waals surface area contributed by atoms with Gasteiger partial charge in [0.05, 0.1) is 17.1 Å². The van der Waals surface area contributed by atoms with Gasteiger partial charge in [0.15, 0.2) is 0 Å². The van der Waals surface area contributed by atoms with E-state index >= 15 is 0 Å². The van der Waals surface area contributed by atoms with Crippen LogP contribution in [0.2, 0.25) is 0 Å². The minimum absolute atomic E-state index is 0.893. The lowest BCUT2D eigenvalue weighted by Gasteiger charge is -2.34. The summed E-state index contributed by atoms with van der Waals surface area (Å²) in [5, 5.41) is 0. The second-order valence-corrected chi connectivity index (χ2v) is 32.9. The smallest absolute Gasteiger partial charge is 0.0503 e. The molecule has 0 spiro atoms. The van der Waals surface area contributed by atoms with Gasteiger partial charge in [-0.3, -0.25) is 0 Å². The topological polar surface area (TPSA) is 29.2 Å². The highest BCUT2D eigenvalue weighted by Gasteiger charge is 2.28. The zero-order valence-corrected chi connectivity index (χ0v) is 73.3. The van der Waals surface area contributed by atoms with Gasteiger partial charge in [-0.2, -0.15) is 0 Å². The van der Waals surface area contributed by atoms with Crippen molar-refractivity contribution in [2.75, 3.05) is 44.1 Å². The molecule has 0 aromatic heterocycles. The monoisotopic (exact) mass is 1670 g/mol. The highest BCUT2D eigenvalue weighted by molar-refractivity contribution is 5.94. The quantitative estimate of drug-likeness (QED) is 0.0499. The molecule has 0 fully saturated rings. The first-order chi connectivity index (χ1) is 63.4. The van der Waals surface area contributed by atoms with Crippen LogP contribution in [0.5, 0.6) is 0 Å². The molecule has 9 nitrogen and oxygen atoms in total. The Balaban J connectivity index is 0.873. The van der Waals surface area contributed by atoms with Crippen LogP contribution in [0.3, 0.4) is 0 Å². The summed E-state index contributed by atoms with van der Waals surface area (Å²) < 4.78 is 0. The van der Waals surface area contributed by atoms with Crippen LogP contribution in [0, 0.1) is 41.5 Å². The Bertz CT molecular complexity index is 5940. The molecule has 0 aliphatic rings. The zero-order valence-electron chi connectivity index (χ0n) is 73.3. The normalized spacial score (nSPS) is 11.0. The Morgan fingerprint density at radius 2 is 0.163 bits per heavy atom. The van der Waals surface area contributed by atoms with E-state index in [0.717, 1.165) is 154 Å². The summed E-state index contributed by atoms with van der Waals surface area (Å²) in [4.78, 5) is 21.3. The summed E-state index contributed by atoms with van der Waals surface area (Å²) in [5.41, 5.74) is 34.2. The van der Waals surface area contributed by atoms with Crippen molar-refractivity contribution in [1.29, 1.82) is 0 Å². The van der Waals surface area contributed by atoms with Crippen molar-refractivity contribution in [3.05, 3.63) is 525 Å². The van der Waals surface area contributed by atoms with E-state index in [9.17, 15) is 0 Å². The van der Waals surface area contributed by atoms with E-state index in [2.05, 4.69) is 577 Å². The summed E-state index contributed by atoms with van der Waals surface area (Å²) in [5.74, 6) is 0.